The van der Waals surface area contributed by atoms with Crippen molar-refractivity contribution in [1.29, 1.82) is 0 Å². The van der Waals surface area contributed by atoms with E-state index in [0.29, 0.717) is 29.2 Å². The number of benzene rings is 3. The third-order valence-electron chi connectivity index (χ3n) is 5.56. The summed E-state index contributed by atoms with van der Waals surface area (Å²) in [6.07, 6.45) is 2.20. The number of hydrogen-bond donors (Lipinski definition) is 2. The van der Waals surface area contributed by atoms with E-state index < -0.39 is 5.91 Å². The van der Waals surface area contributed by atoms with Crippen LogP contribution in [0.15, 0.2) is 66.7 Å². The van der Waals surface area contributed by atoms with E-state index in [2.05, 4.69) is 16.3 Å². The molecule has 32 heavy (non-hydrogen) atoms. The maximum Gasteiger partial charge on any atom is 0.255 e. The van der Waals surface area contributed by atoms with E-state index in [1.54, 1.807) is 30.3 Å². The van der Waals surface area contributed by atoms with Gasteiger partial charge >= 0.3 is 0 Å². The molecule has 3 N–H and O–H groups in total. The van der Waals surface area contributed by atoms with E-state index in [1.807, 2.05) is 37.3 Å². The minimum absolute atomic E-state index is 0.270. The van der Waals surface area contributed by atoms with Gasteiger partial charge in [-0.3, -0.25) is 9.59 Å². The van der Waals surface area contributed by atoms with E-state index in [0.717, 1.165) is 37.2 Å². The molecular weight excluding hydrogens is 402 g/mol. The largest absolute Gasteiger partial charge is 0.489 e. The van der Waals surface area contributed by atoms with Gasteiger partial charge in [0.05, 0.1) is 11.4 Å². The molecule has 1 aliphatic heterocycles. The minimum Gasteiger partial charge on any atom is -0.489 e. The van der Waals surface area contributed by atoms with E-state index >= 15 is 0 Å². The highest BCUT2D eigenvalue weighted by Gasteiger charge is 2.19. The molecule has 3 aromatic rings. The SMILES string of the molecule is Cc1cccc(COc2cccc(C(=O)Nc3cc(C(N)=O)ccc3N3CCCC3)c2)c1. The Balaban J connectivity index is 1.51. The van der Waals surface area contributed by atoms with Gasteiger partial charge in [-0.15, -0.1) is 0 Å². The van der Waals surface area contributed by atoms with Gasteiger partial charge in [0.2, 0.25) is 5.91 Å². The van der Waals surface area contributed by atoms with Crippen molar-refractivity contribution in [1.82, 2.24) is 0 Å². The maximum absolute atomic E-state index is 13.0. The summed E-state index contributed by atoms with van der Waals surface area (Å²) in [6.45, 7) is 4.30. The molecule has 1 heterocycles. The normalized spacial score (nSPS) is 13.1. The van der Waals surface area contributed by atoms with E-state index in [1.165, 1.54) is 5.56 Å². The highest BCUT2D eigenvalue weighted by atomic mass is 16.5. The van der Waals surface area contributed by atoms with Crippen LogP contribution < -0.4 is 20.7 Å². The van der Waals surface area contributed by atoms with Crippen LogP contribution in [0.1, 0.15) is 44.7 Å². The lowest BCUT2D eigenvalue weighted by molar-refractivity contribution is 0.0996. The molecule has 0 spiro atoms. The molecule has 1 fully saturated rings. The smallest absolute Gasteiger partial charge is 0.255 e. The summed E-state index contributed by atoms with van der Waals surface area (Å²) in [5.74, 6) is -0.183. The van der Waals surface area contributed by atoms with E-state index in [-0.39, 0.29) is 5.91 Å². The summed E-state index contributed by atoms with van der Waals surface area (Å²) in [5, 5.41) is 2.96. The molecule has 1 saturated heterocycles. The van der Waals surface area contributed by atoms with Gasteiger partial charge in [0.25, 0.3) is 5.91 Å². The Labute approximate surface area is 188 Å². The molecule has 164 valence electrons. The number of rotatable bonds is 7. The van der Waals surface area contributed by atoms with Crippen molar-refractivity contribution in [2.45, 2.75) is 26.4 Å². The lowest BCUT2D eigenvalue weighted by Gasteiger charge is -2.22. The first kappa shape index (κ1) is 21.4. The Kier molecular flexibility index (Phi) is 6.40. The second-order valence-electron chi connectivity index (χ2n) is 8.05. The maximum atomic E-state index is 13.0. The van der Waals surface area contributed by atoms with E-state index in [4.69, 9.17) is 10.5 Å². The molecule has 6 heteroatoms. The number of nitrogens with two attached hydrogens (primary N) is 1. The van der Waals surface area contributed by atoms with Crippen LogP contribution in [0.25, 0.3) is 0 Å². The highest BCUT2D eigenvalue weighted by Crippen LogP contribution is 2.30. The summed E-state index contributed by atoms with van der Waals surface area (Å²) < 4.78 is 5.89. The quantitative estimate of drug-likeness (QED) is 0.578. The Bertz CT molecular complexity index is 1140. The molecule has 0 saturated carbocycles. The number of anilines is 2. The van der Waals surface area contributed by atoms with Crippen LogP contribution in [0.5, 0.6) is 5.75 Å². The van der Waals surface area contributed by atoms with Gasteiger partial charge in [-0.1, -0.05) is 35.9 Å². The number of hydrogen-bond acceptors (Lipinski definition) is 4. The Morgan fingerprint density at radius 3 is 2.50 bits per heavy atom. The van der Waals surface area contributed by atoms with Crippen LogP contribution in [0.4, 0.5) is 11.4 Å². The Morgan fingerprint density at radius 1 is 0.969 bits per heavy atom. The fourth-order valence-corrected chi connectivity index (χ4v) is 3.91. The van der Waals surface area contributed by atoms with E-state index in [9.17, 15) is 9.59 Å². The lowest BCUT2D eigenvalue weighted by Crippen LogP contribution is -2.22. The van der Waals surface area contributed by atoms with Crippen molar-refractivity contribution < 1.29 is 14.3 Å². The Morgan fingerprint density at radius 2 is 1.75 bits per heavy atom. The molecule has 2 amide bonds. The number of carbonyl (C=O) groups is 2. The van der Waals surface area contributed by atoms with Crippen molar-refractivity contribution in [2.75, 3.05) is 23.3 Å². The van der Waals surface area contributed by atoms with Crippen LogP contribution in [0.3, 0.4) is 0 Å². The monoisotopic (exact) mass is 429 g/mol. The van der Waals surface area contributed by atoms with Crippen LogP contribution in [0.2, 0.25) is 0 Å². The molecule has 0 aliphatic carbocycles. The van der Waals surface area contributed by atoms with Crippen molar-refractivity contribution in [3.8, 4) is 5.75 Å². The molecule has 0 radical (unpaired) electrons. The minimum atomic E-state index is -0.528. The molecule has 0 atom stereocenters. The fourth-order valence-electron chi connectivity index (χ4n) is 3.91. The predicted molar refractivity (Wildman–Crippen MR) is 126 cm³/mol. The lowest BCUT2D eigenvalue weighted by atomic mass is 10.1. The van der Waals surface area contributed by atoms with Crippen LogP contribution in [-0.4, -0.2) is 24.9 Å². The van der Waals surface area contributed by atoms with Crippen LogP contribution in [0, 0.1) is 6.92 Å². The van der Waals surface area contributed by atoms with Crippen LogP contribution >= 0.6 is 0 Å². The van der Waals surface area contributed by atoms with Gasteiger partial charge in [-0.2, -0.15) is 0 Å². The molecule has 4 rings (SSSR count). The van der Waals surface area contributed by atoms with Gasteiger partial charge < -0.3 is 20.7 Å². The Hall–Kier alpha value is -3.80. The number of ether oxygens (including phenoxy) is 1. The second-order valence-corrected chi connectivity index (χ2v) is 8.05. The molecular formula is C26H27N3O3. The average molecular weight is 430 g/mol. The molecule has 0 unspecified atom stereocenters. The summed E-state index contributed by atoms with van der Waals surface area (Å²) in [7, 11) is 0. The van der Waals surface area contributed by atoms with Gasteiger partial charge in [-0.25, -0.2) is 0 Å². The zero-order valence-corrected chi connectivity index (χ0v) is 18.1. The summed E-state index contributed by atoms with van der Waals surface area (Å²) >= 11 is 0. The van der Waals surface area contributed by atoms with Gasteiger partial charge in [-0.05, 0) is 61.7 Å². The standard InChI is InChI=1S/C26H27N3O3/c1-18-6-4-7-19(14-18)17-32-22-9-5-8-21(15-22)26(31)28-23-16-20(25(27)30)10-11-24(23)29-12-2-3-13-29/h4-11,14-16H,2-3,12-13,17H2,1H3,(H2,27,30)(H,28,31). The number of aryl methyl sites for hydroxylation is 1. The zero-order valence-electron chi connectivity index (χ0n) is 18.1. The number of nitrogens with zero attached hydrogens (tertiary/aromatic N) is 1. The second kappa shape index (κ2) is 9.56. The zero-order chi connectivity index (χ0) is 22.5. The number of amides is 2. The van der Waals surface area contributed by atoms with Crippen molar-refractivity contribution in [3.05, 3.63) is 89.0 Å². The molecule has 0 aromatic heterocycles. The first-order valence-corrected chi connectivity index (χ1v) is 10.8. The van der Waals surface area contributed by atoms with Crippen molar-refractivity contribution >= 4 is 23.2 Å². The first-order chi connectivity index (χ1) is 15.5. The molecule has 3 aromatic carbocycles. The van der Waals surface area contributed by atoms with Crippen LogP contribution in [-0.2, 0) is 6.61 Å². The van der Waals surface area contributed by atoms with Crippen molar-refractivity contribution in [2.24, 2.45) is 5.73 Å². The van der Waals surface area contributed by atoms with Gasteiger partial charge in [0, 0.05) is 24.2 Å². The van der Waals surface area contributed by atoms with Gasteiger partial charge in [0.1, 0.15) is 12.4 Å². The average Bonchev–Trinajstić information content (AvgIpc) is 3.32. The number of primary amides is 1. The van der Waals surface area contributed by atoms with Gasteiger partial charge in [0.15, 0.2) is 0 Å². The molecule has 6 nitrogen and oxygen atoms in total. The summed E-state index contributed by atoms with van der Waals surface area (Å²) in [6, 6.07) is 20.4. The molecule has 1 aliphatic rings. The fraction of sp³-hybridized carbons (Fsp3) is 0.231. The summed E-state index contributed by atoms with van der Waals surface area (Å²) in [5.41, 5.74) is 10.0. The third kappa shape index (κ3) is 5.09. The first-order valence-electron chi connectivity index (χ1n) is 10.8. The topological polar surface area (TPSA) is 84.7 Å². The number of nitrogens with one attached hydrogen (secondary N) is 1. The number of carbonyl (C=O) groups excluding carboxylic acids is 2. The summed E-state index contributed by atoms with van der Waals surface area (Å²) in [4.78, 5) is 26.9. The molecule has 0 bridgehead atoms. The third-order valence-corrected chi connectivity index (χ3v) is 5.56. The predicted octanol–water partition coefficient (Wildman–Crippen LogP) is 4.53. The highest BCUT2D eigenvalue weighted by molar-refractivity contribution is 6.07. The van der Waals surface area contributed by atoms with Crippen molar-refractivity contribution in [3.63, 3.8) is 0 Å².